The molecular weight excluding hydrogens is 152 g/mol. The fraction of sp³-hybridized carbons (Fsp3) is 0.444. The maximum Gasteiger partial charge on any atom is 0.122 e. The molecule has 2 rings (SSSR count). The lowest BCUT2D eigenvalue weighted by atomic mass is 10.3. The number of amidine groups is 1. The third-order valence-corrected chi connectivity index (χ3v) is 1.92. The number of nitrogens with zero attached hydrogens (tertiary/aromatic N) is 1. The van der Waals surface area contributed by atoms with E-state index in [2.05, 4.69) is 10.3 Å². The van der Waals surface area contributed by atoms with Crippen LogP contribution in [0.2, 0.25) is 0 Å². The summed E-state index contributed by atoms with van der Waals surface area (Å²) in [5, 5.41) is 3.24. The van der Waals surface area contributed by atoms with Crippen LogP contribution >= 0.6 is 0 Å². The summed E-state index contributed by atoms with van der Waals surface area (Å²) in [6.45, 7) is 1.73. The minimum Gasteiger partial charge on any atom is -0.467 e. The molecule has 2 heterocycles. The van der Waals surface area contributed by atoms with Crippen molar-refractivity contribution in [2.75, 3.05) is 6.54 Å². The first-order valence-corrected chi connectivity index (χ1v) is 4.25. The highest BCUT2D eigenvalue weighted by Gasteiger charge is 2.05. The molecular formula is C9H12N2O. The molecule has 0 bridgehead atoms. The molecule has 0 saturated carbocycles. The average molecular weight is 164 g/mol. The predicted octanol–water partition coefficient (Wildman–Crippen LogP) is 1.56. The van der Waals surface area contributed by atoms with Gasteiger partial charge in [0.15, 0.2) is 0 Å². The second-order valence-corrected chi connectivity index (χ2v) is 2.86. The molecule has 3 heteroatoms. The van der Waals surface area contributed by atoms with Crippen molar-refractivity contribution in [2.45, 2.75) is 19.4 Å². The molecule has 0 aliphatic carbocycles. The molecule has 0 radical (unpaired) electrons. The highest BCUT2D eigenvalue weighted by Crippen LogP contribution is 2.03. The van der Waals surface area contributed by atoms with Crippen molar-refractivity contribution in [3.8, 4) is 0 Å². The molecule has 64 valence electrons. The second-order valence-electron chi connectivity index (χ2n) is 2.86. The Hall–Kier alpha value is -1.25. The highest BCUT2D eigenvalue weighted by molar-refractivity contribution is 5.83. The summed E-state index contributed by atoms with van der Waals surface area (Å²) in [4.78, 5) is 4.30. The van der Waals surface area contributed by atoms with Gasteiger partial charge in [-0.1, -0.05) is 0 Å². The van der Waals surface area contributed by atoms with Crippen LogP contribution < -0.4 is 5.32 Å². The van der Waals surface area contributed by atoms with E-state index in [0.29, 0.717) is 0 Å². The molecule has 1 N–H and O–H groups in total. The van der Waals surface area contributed by atoms with Crippen LogP contribution in [-0.2, 0) is 6.54 Å². The Morgan fingerprint density at radius 2 is 2.58 bits per heavy atom. The first kappa shape index (κ1) is 7.40. The number of hydrogen-bond donors (Lipinski definition) is 1. The molecule has 12 heavy (non-hydrogen) atoms. The van der Waals surface area contributed by atoms with Crippen molar-refractivity contribution in [2.24, 2.45) is 4.99 Å². The quantitative estimate of drug-likeness (QED) is 0.720. The van der Waals surface area contributed by atoms with Crippen molar-refractivity contribution in [1.29, 1.82) is 0 Å². The van der Waals surface area contributed by atoms with Crippen LogP contribution in [0.3, 0.4) is 0 Å². The van der Waals surface area contributed by atoms with Crippen molar-refractivity contribution in [1.82, 2.24) is 5.32 Å². The Morgan fingerprint density at radius 3 is 3.25 bits per heavy atom. The minimum atomic E-state index is 0.756. The van der Waals surface area contributed by atoms with Gasteiger partial charge in [-0.25, -0.2) is 0 Å². The number of aliphatic imine (C=N–C) groups is 1. The molecule has 3 nitrogen and oxygen atoms in total. The van der Waals surface area contributed by atoms with Gasteiger partial charge in [-0.05, 0) is 18.6 Å². The average Bonchev–Trinajstić information content (AvgIpc) is 2.74. The van der Waals surface area contributed by atoms with Gasteiger partial charge >= 0.3 is 0 Å². The second kappa shape index (κ2) is 3.43. The van der Waals surface area contributed by atoms with Gasteiger partial charge in [0.1, 0.15) is 5.76 Å². The molecule has 0 spiro atoms. The molecule has 0 amide bonds. The van der Waals surface area contributed by atoms with Crippen molar-refractivity contribution >= 4 is 5.84 Å². The summed E-state index contributed by atoms with van der Waals surface area (Å²) in [7, 11) is 0. The van der Waals surface area contributed by atoms with Crippen molar-refractivity contribution in [3.63, 3.8) is 0 Å². The molecule has 0 atom stereocenters. The first-order valence-electron chi connectivity index (χ1n) is 4.25. The van der Waals surface area contributed by atoms with Crippen LogP contribution in [0.5, 0.6) is 0 Å². The normalized spacial score (nSPS) is 16.2. The summed E-state index contributed by atoms with van der Waals surface area (Å²) in [5.74, 6) is 2.08. The third kappa shape index (κ3) is 1.67. The molecule has 0 saturated heterocycles. The van der Waals surface area contributed by atoms with Crippen LogP contribution in [0, 0.1) is 0 Å². The Kier molecular flexibility index (Phi) is 2.12. The van der Waals surface area contributed by atoms with Gasteiger partial charge in [-0.2, -0.15) is 0 Å². The van der Waals surface area contributed by atoms with E-state index >= 15 is 0 Å². The van der Waals surface area contributed by atoms with Crippen LogP contribution in [0.4, 0.5) is 0 Å². The van der Waals surface area contributed by atoms with Crippen LogP contribution in [0.25, 0.3) is 0 Å². The fourth-order valence-electron chi connectivity index (χ4n) is 1.29. The van der Waals surface area contributed by atoms with Gasteiger partial charge in [0.05, 0.1) is 18.6 Å². The van der Waals surface area contributed by atoms with Gasteiger partial charge in [-0.15, -0.1) is 0 Å². The van der Waals surface area contributed by atoms with Crippen molar-refractivity contribution < 1.29 is 4.42 Å². The van der Waals surface area contributed by atoms with Gasteiger partial charge in [-0.3, -0.25) is 4.99 Å². The Balaban J connectivity index is 1.82. The molecule has 1 aliphatic heterocycles. The lowest BCUT2D eigenvalue weighted by Gasteiger charge is -2.01. The van der Waals surface area contributed by atoms with Gasteiger partial charge < -0.3 is 9.73 Å². The van der Waals surface area contributed by atoms with Gasteiger partial charge in [0.2, 0.25) is 0 Å². The lowest BCUT2D eigenvalue weighted by molar-refractivity contribution is 0.502. The van der Waals surface area contributed by atoms with Crippen LogP contribution in [-0.4, -0.2) is 12.4 Å². The van der Waals surface area contributed by atoms with E-state index in [1.54, 1.807) is 6.26 Å². The largest absolute Gasteiger partial charge is 0.467 e. The topological polar surface area (TPSA) is 37.5 Å². The standard InChI is InChI=1S/C9H12N2O/c1-4-9(10-5-1)11-7-8-3-2-6-12-8/h2-3,6H,1,4-5,7H2,(H,10,11). The Labute approximate surface area is 71.5 Å². The van der Waals surface area contributed by atoms with E-state index in [1.165, 1.54) is 6.42 Å². The lowest BCUT2D eigenvalue weighted by Crippen LogP contribution is -2.20. The molecule has 1 aromatic rings. The summed E-state index contributed by atoms with van der Waals surface area (Å²) in [5.41, 5.74) is 0. The zero-order chi connectivity index (χ0) is 8.23. The molecule has 0 unspecified atom stereocenters. The molecule has 0 aromatic carbocycles. The number of hydrogen-bond acceptors (Lipinski definition) is 3. The maximum absolute atomic E-state index is 5.18. The molecule has 0 fully saturated rings. The first-order chi connectivity index (χ1) is 5.95. The van der Waals surface area contributed by atoms with Crippen LogP contribution in [0.1, 0.15) is 18.6 Å². The van der Waals surface area contributed by atoms with Crippen molar-refractivity contribution in [3.05, 3.63) is 24.2 Å². The van der Waals surface area contributed by atoms with Crippen LogP contribution in [0.15, 0.2) is 27.8 Å². The zero-order valence-electron chi connectivity index (χ0n) is 6.92. The summed E-state index contributed by atoms with van der Waals surface area (Å²) < 4.78 is 5.18. The van der Waals surface area contributed by atoms with E-state index in [0.717, 1.165) is 31.1 Å². The maximum atomic E-state index is 5.18. The Bertz CT molecular complexity index is 264. The number of nitrogens with one attached hydrogen (secondary N) is 1. The minimum absolute atomic E-state index is 0.756. The molecule has 1 aromatic heterocycles. The molecule has 1 aliphatic rings. The van der Waals surface area contributed by atoms with Gasteiger partial charge in [0, 0.05) is 13.0 Å². The summed E-state index contributed by atoms with van der Waals surface area (Å²) in [6.07, 6.45) is 3.95. The highest BCUT2D eigenvalue weighted by atomic mass is 16.3. The van der Waals surface area contributed by atoms with E-state index in [4.69, 9.17) is 4.42 Å². The summed E-state index contributed by atoms with van der Waals surface area (Å²) >= 11 is 0. The van der Waals surface area contributed by atoms with E-state index in [1.807, 2.05) is 12.1 Å². The predicted molar refractivity (Wildman–Crippen MR) is 47.1 cm³/mol. The van der Waals surface area contributed by atoms with E-state index < -0.39 is 0 Å². The monoisotopic (exact) mass is 164 g/mol. The Morgan fingerprint density at radius 1 is 1.58 bits per heavy atom. The smallest absolute Gasteiger partial charge is 0.122 e. The number of furan rings is 1. The SMILES string of the molecule is c1coc(CNC2=NCCC2)c1. The van der Waals surface area contributed by atoms with Gasteiger partial charge in [0.25, 0.3) is 0 Å². The number of rotatable bonds is 2. The third-order valence-electron chi connectivity index (χ3n) is 1.92. The van der Waals surface area contributed by atoms with E-state index in [9.17, 15) is 0 Å². The van der Waals surface area contributed by atoms with E-state index in [-0.39, 0.29) is 0 Å². The zero-order valence-corrected chi connectivity index (χ0v) is 6.92. The fourth-order valence-corrected chi connectivity index (χ4v) is 1.29. The summed E-state index contributed by atoms with van der Waals surface area (Å²) in [6, 6.07) is 3.86.